The number of Topliss-reactive ketones (excluding diaryl/α,β-unsaturated/α-hetero) is 1. The lowest BCUT2D eigenvalue weighted by Gasteiger charge is -2.65. The number of epoxide rings is 1. The van der Waals surface area contributed by atoms with E-state index in [9.17, 15) is 30.0 Å². The minimum Gasteiger partial charge on any atom is -0.472 e. The highest BCUT2D eigenvalue weighted by atomic mass is 16.8. The van der Waals surface area contributed by atoms with Crippen molar-refractivity contribution in [2.24, 2.45) is 28.1 Å². The third-order valence-corrected chi connectivity index (χ3v) is 12.6. The van der Waals surface area contributed by atoms with Gasteiger partial charge in [-0.25, -0.2) is 4.79 Å². The predicted molar refractivity (Wildman–Crippen MR) is 144 cm³/mol. The minimum absolute atomic E-state index is 0.0113. The number of furan rings is 1. The first-order valence-electron chi connectivity index (χ1n) is 15.2. The Labute approximate surface area is 249 Å². The second-order valence-corrected chi connectivity index (χ2v) is 14.7. The van der Waals surface area contributed by atoms with Gasteiger partial charge in [-0.2, -0.15) is 0 Å². The molecule has 4 aliphatic heterocycles. The number of carbonyl (C=O) groups excluding carboxylic acids is 2. The van der Waals surface area contributed by atoms with Crippen LogP contribution in [0.5, 0.6) is 0 Å². The van der Waals surface area contributed by atoms with E-state index in [1.807, 2.05) is 34.6 Å². The molecule has 4 N–H and O–H groups in total. The lowest BCUT2D eigenvalue weighted by Crippen LogP contribution is -2.72. The third-order valence-electron chi connectivity index (χ3n) is 12.6. The largest absolute Gasteiger partial charge is 0.472 e. The Morgan fingerprint density at radius 3 is 2.35 bits per heavy atom. The Kier molecular flexibility index (Phi) is 6.15. The SMILES string of the molecule is CC1(C)OC(C)(O[C@@H]2O[C@H](CO)[C@@H](O)[C@H](O)[C@H]2O)[C@]2(C)[C@H]3CC[C@@]4(C)[C@H](c5ccoc5)OC(=O)[C@H]5O[C@]54[C@]3(C)C(=O)C[C@@H]12. The van der Waals surface area contributed by atoms with Crippen molar-refractivity contribution >= 4 is 11.8 Å². The van der Waals surface area contributed by atoms with Gasteiger partial charge in [-0.15, -0.1) is 0 Å². The van der Waals surface area contributed by atoms with E-state index in [1.54, 1.807) is 19.3 Å². The zero-order chi connectivity index (χ0) is 31.1. The molecule has 0 bridgehead atoms. The number of fused-ring (bicyclic) bond motifs is 3. The van der Waals surface area contributed by atoms with Gasteiger partial charge in [0.1, 0.15) is 41.9 Å². The number of hydrogen-bond donors (Lipinski definition) is 4. The molecule has 12 heteroatoms. The molecule has 238 valence electrons. The number of ketones is 1. The number of aliphatic hydroxyl groups excluding tert-OH is 4. The van der Waals surface area contributed by atoms with Crippen LogP contribution in [0.4, 0.5) is 0 Å². The van der Waals surface area contributed by atoms with Crippen LogP contribution in [0, 0.1) is 28.1 Å². The average molecular weight is 607 g/mol. The molecular weight excluding hydrogens is 564 g/mol. The van der Waals surface area contributed by atoms with E-state index < -0.39 is 94.6 Å². The van der Waals surface area contributed by atoms with Crippen LogP contribution in [0.25, 0.3) is 0 Å². The third kappa shape index (κ3) is 3.34. The number of esters is 1. The first-order valence-corrected chi connectivity index (χ1v) is 15.2. The summed E-state index contributed by atoms with van der Waals surface area (Å²) in [6.45, 7) is 10.9. The molecule has 0 amide bonds. The first kappa shape index (κ1) is 29.8. The maximum Gasteiger partial charge on any atom is 0.339 e. The smallest absolute Gasteiger partial charge is 0.339 e. The molecule has 1 spiro atoms. The summed E-state index contributed by atoms with van der Waals surface area (Å²) in [5, 5.41) is 41.5. The monoisotopic (exact) mass is 606 g/mol. The van der Waals surface area contributed by atoms with E-state index in [1.165, 1.54) is 6.26 Å². The average Bonchev–Trinajstić information content (AvgIpc) is 3.47. The maximum atomic E-state index is 14.6. The highest BCUT2D eigenvalue weighted by Gasteiger charge is 2.90. The number of carbonyl (C=O) groups is 2. The van der Waals surface area contributed by atoms with Crippen LogP contribution in [0.1, 0.15) is 72.5 Å². The van der Waals surface area contributed by atoms with Gasteiger partial charge in [0, 0.05) is 28.7 Å². The van der Waals surface area contributed by atoms with E-state index in [0.29, 0.717) is 18.4 Å². The van der Waals surface area contributed by atoms with Gasteiger partial charge < -0.3 is 48.5 Å². The molecule has 0 aromatic carbocycles. The molecule has 5 heterocycles. The van der Waals surface area contributed by atoms with Crippen molar-refractivity contribution in [3.05, 3.63) is 24.2 Å². The van der Waals surface area contributed by atoms with Crippen molar-refractivity contribution in [3.63, 3.8) is 0 Å². The molecule has 14 atom stereocenters. The van der Waals surface area contributed by atoms with Gasteiger partial charge >= 0.3 is 5.97 Å². The van der Waals surface area contributed by atoms with Gasteiger partial charge in [-0.3, -0.25) is 4.79 Å². The van der Waals surface area contributed by atoms with Gasteiger partial charge in [0.2, 0.25) is 0 Å². The Balaban J connectivity index is 1.32. The van der Waals surface area contributed by atoms with Gasteiger partial charge in [-0.1, -0.05) is 13.8 Å². The zero-order valence-corrected chi connectivity index (χ0v) is 25.3. The molecule has 1 aromatic heterocycles. The molecule has 12 nitrogen and oxygen atoms in total. The molecule has 2 aliphatic carbocycles. The second kappa shape index (κ2) is 8.88. The quantitative estimate of drug-likeness (QED) is 0.286. The van der Waals surface area contributed by atoms with E-state index in [4.69, 9.17) is 28.1 Å². The van der Waals surface area contributed by atoms with Crippen molar-refractivity contribution in [1.82, 2.24) is 0 Å². The Morgan fingerprint density at radius 1 is 0.977 bits per heavy atom. The van der Waals surface area contributed by atoms with E-state index in [0.717, 1.165) is 0 Å². The van der Waals surface area contributed by atoms with Crippen LogP contribution < -0.4 is 0 Å². The summed E-state index contributed by atoms with van der Waals surface area (Å²) in [7, 11) is 0. The summed E-state index contributed by atoms with van der Waals surface area (Å²) in [6, 6.07) is 1.77. The molecule has 7 rings (SSSR count). The van der Waals surface area contributed by atoms with E-state index in [2.05, 4.69) is 0 Å². The standard InChI is InChI=1S/C31H42O12/c1-26(2)17-11-18(33)29(5)16(7-9-27(3)22(14-8-10-38-13-14)40-24(37)23-31(27,29)41-23)28(17,4)30(6,43-26)42-25-21(36)20(35)19(34)15(12-32)39-25/h8,10,13,15-17,19-23,25,32,34-36H,7,9,11-12H2,1-6H3/t15-,16-,17+,19-,20+,21-,22+,23-,25+,27+,28-,29+,30?,31-/m1/s1. The minimum atomic E-state index is -1.63. The molecule has 1 aromatic rings. The lowest BCUT2D eigenvalue weighted by molar-refractivity contribution is -0.389. The van der Waals surface area contributed by atoms with Crippen molar-refractivity contribution in [1.29, 1.82) is 0 Å². The van der Waals surface area contributed by atoms with Crippen molar-refractivity contribution in [2.45, 2.75) is 121 Å². The van der Waals surface area contributed by atoms with Crippen LogP contribution in [-0.2, 0) is 33.3 Å². The number of hydrogen-bond acceptors (Lipinski definition) is 12. The predicted octanol–water partition coefficient (Wildman–Crippen LogP) is 1.37. The van der Waals surface area contributed by atoms with Crippen LogP contribution in [0.2, 0.25) is 0 Å². The summed E-state index contributed by atoms with van der Waals surface area (Å²) >= 11 is 0. The van der Waals surface area contributed by atoms with Crippen molar-refractivity contribution in [3.8, 4) is 0 Å². The van der Waals surface area contributed by atoms with Gasteiger partial charge in [0.15, 0.2) is 18.2 Å². The van der Waals surface area contributed by atoms with Gasteiger partial charge in [0.05, 0.1) is 30.1 Å². The number of aliphatic hydroxyl groups is 4. The summed E-state index contributed by atoms with van der Waals surface area (Å²) in [6.07, 6.45) is -4.60. The molecule has 2 saturated carbocycles. The number of rotatable bonds is 4. The van der Waals surface area contributed by atoms with E-state index >= 15 is 0 Å². The summed E-state index contributed by atoms with van der Waals surface area (Å²) in [5.41, 5.74) is -4.02. The van der Waals surface area contributed by atoms with Crippen LogP contribution >= 0.6 is 0 Å². The molecule has 6 aliphatic rings. The van der Waals surface area contributed by atoms with Crippen molar-refractivity contribution in [2.75, 3.05) is 6.61 Å². The molecule has 4 saturated heterocycles. The molecular formula is C31H42O12. The van der Waals surface area contributed by atoms with Crippen LogP contribution in [0.15, 0.2) is 23.0 Å². The van der Waals surface area contributed by atoms with Gasteiger partial charge in [0.25, 0.3) is 0 Å². The lowest BCUT2D eigenvalue weighted by atomic mass is 9.37. The topological polar surface area (TPSA) is 178 Å². The second-order valence-electron chi connectivity index (χ2n) is 14.7. The number of cyclic esters (lactones) is 1. The van der Waals surface area contributed by atoms with Crippen LogP contribution in [-0.4, -0.2) is 92.6 Å². The molecule has 1 unspecified atom stereocenters. The fraction of sp³-hybridized carbons (Fsp3) is 0.806. The molecule has 0 radical (unpaired) electrons. The normalized spacial score (nSPS) is 55.1. The highest BCUT2D eigenvalue weighted by molar-refractivity contribution is 5.93. The highest BCUT2D eigenvalue weighted by Crippen LogP contribution is 2.80. The van der Waals surface area contributed by atoms with E-state index in [-0.39, 0.29) is 18.1 Å². The Morgan fingerprint density at radius 2 is 1.70 bits per heavy atom. The maximum absolute atomic E-state index is 14.6. The fourth-order valence-corrected chi connectivity index (χ4v) is 10.4. The molecule has 43 heavy (non-hydrogen) atoms. The van der Waals surface area contributed by atoms with Crippen LogP contribution in [0.3, 0.4) is 0 Å². The number of ether oxygens (including phenoxy) is 5. The van der Waals surface area contributed by atoms with Crippen molar-refractivity contribution < 1.29 is 58.1 Å². The van der Waals surface area contributed by atoms with Gasteiger partial charge in [-0.05, 0) is 52.5 Å². The summed E-state index contributed by atoms with van der Waals surface area (Å²) < 4.78 is 36.7. The Bertz CT molecular complexity index is 1330. The summed E-state index contributed by atoms with van der Waals surface area (Å²) in [5.74, 6) is -2.69. The Hall–Kier alpha value is -1.90. The fourth-order valence-electron chi connectivity index (χ4n) is 10.4. The summed E-state index contributed by atoms with van der Waals surface area (Å²) in [4.78, 5) is 27.9. The zero-order valence-electron chi connectivity index (χ0n) is 25.3. The molecule has 6 fully saturated rings. The first-order chi connectivity index (χ1) is 20.0.